The Kier molecular flexibility index (Phi) is 43.1. The number of nitrogens with one attached hydrogen (secondary N) is 7. The molecule has 0 spiro atoms. The van der Waals surface area contributed by atoms with Crippen molar-refractivity contribution in [3.63, 3.8) is 0 Å². The highest BCUT2D eigenvalue weighted by atomic mass is 16.8. The van der Waals surface area contributed by atoms with Crippen molar-refractivity contribution in [2.75, 3.05) is 96.3 Å². The maximum Gasteiger partial charge on any atom is 0.323 e. The number of β-amino-alcohol motifs (C(OH)–C–C–N with tert-alkyl or cyclic N) is 1. The van der Waals surface area contributed by atoms with E-state index in [2.05, 4.69) is 124 Å². The molecule has 9 rings (SSSR count). The Bertz CT molecular complexity index is 3020. The van der Waals surface area contributed by atoms with E-state index in [0.717, 1.165) is 96.7 Å². The number of esters is 1. The zero-order valence-electron chi connectivity index (χ0n) is 81.9. The first-order valence-electron chi connectivity index (χ1n) is 44.4. The molecular weight excluding hydrogens is 1520 g/mol. The molecule has 0 aromatic carbocycles. The fraction of sp³-hybridized carbons (Fsp3) is 0.911. The summed E-state index contributed by atoms with van der Waals surface area (Å²) in [5, 5.41) is 49.2. The number of amides is 7. The minimum atomic E-state index is -1.00. The zero-order chi connectivity index (χ0) is 92.3. The number of ether oxygens (including phenoxy) is 3. The van der Waals surface area contributed by atoms with E-state index in [9.17, 15) is 48.6 Å². The Morgan fingerprint density at radius 3 is 1.04 bits per heavy atom. The molecule has 119 heavy (non-hydrogen) atoms. The van der Waals surface area contributed by atoms with E-state index in [1.807, 2.05) is 202 Å². The van der Waals surface area contributed by atoms with Gasteiger partial charge in [0.2, 0.25) is 41.4 Å². The van der Waals surface area contributed by atoms with E-state index in [1.54, 1.807) is 11.9 Å². The van der Waals surface area contributed by atoms with Gasteiger partial charge in [-0.3, -0.25) is 77.6 Å². The van der Waals surface area contributed by atoms with Crippen molar-refractivity contribution in [1.82, 2.24) is 76.4 Å². The largest absolute Gasteiger partial charge is 0.468 e. The van der Waals surface area contributed by atoms with Gasteiger partial charge in [-0.1, -0.05) is 41.5 Å². The van der Waals surface area contributed by atoms with Crippen molar-refractivity contribution >= 4 is 47.3 Å². The second kappa shape index (κ2) is 46.5. The molecule has 7 amide bonds. The molecule has 0 radical (unpaired) electrons. The fourth-order valence-electron chi connectivity index (χ4n) is 17.5. The van der Waals surface area contributed by atoms with Gasteiger partial charge < -0.3 is 66.7 Å². The van der Waals surface area contributed by atoms with Gasteiger partial charge in [-0.05, 0) is 324 Å². The summed E-state index contributed by atoms with van der Waals surface area (Å²) in [6, 6.07) is 1.09. The van der Waals surface area contributed by atoms with Gasteiger partial charge in [0.15, 0.2) is 5.79 Å². The molecule has 9 heterocycles. The third-order valence-corrected chi connectivity index (χ3v) is 23.5. The van der Waals surface area contributed by atoms with E-state index in [1.165, 1.54) is 7.11 Å². The average Bonchev–Trinajstić information content (AvgIpc) is 1.61. The number of likely N-dealkylation sites (N-methyl/N-ethyl adjacent to an activating group) is 8. The van der Waals surface area contributed by atoms with Crippen LogP contribution in [0.4, 0.5) is 0 Å². The van der Waals surface area contributed by atoms with Crippen LogP contribution in [0.5, 0.6) is 0 Å². The number of rotatable bonds is 12. The van der Waals surface area contributed by atoms with E-state index in [0.29, 0.717) is 42.4 Å². The second-order valence-corrected chi connectivity index (χ2v) is 43.0. The van der Waals surface area contributed by atoms with Crippen molar-refractivity contribution in [2.24, 2.45) is 17.8 Å². The SMILES string of the molecule is CC1CCN(C)[C@@H]1C(=O)NC(C)(C)C.CC[C@H]1CC[C@@H](C(=O)NC(C)(C)C)N1C.CC[C@H]1CC[C@H](C(=O)NC(C)(C)C)N1C.CC[C@H]1[C@@H](C)[C@H](C)[C@@H](C(=O)NC(C)(C)C)N1C.CN1C[C@@H](O)[C@H](O)[C@H]1C(=O)NC(C)(C)C.CN1C[C@@H]2OC(C)(C)O[C@@H]2[C@H]1C(=O)NC(C)(C)C.CN1[C@@H](CO)CC[C@H]1C(=O)NC(C)(C)C.COC(=O)[C@@H]1CCCN1C. The van der Waals surface area contributed by atoms with Gasteiger partial charge in [0, 0.05) is 76.0 Å². The molecule has 0 aromatic rings. The monoisotopic (exact) mass is 1690 g/mol. The third kappa shape index (κ3) is 36.4. The van der Waals surface area contributed by atoms with Gasteiger partial charge in [-0.25, -0.2) is 0 Å². The maximum atomic E-state index is 12.3. The normalized spacial score (nSPS) is 30.8. The lowest BCUT2D eigenvalue weighted by Crippen LogP contribution is -2.53. The molecule has 0 aliphatic carbocycles. The Hall–Kier alpha value is -4.76. The standard InChI is InChI=1S/C14H28N2O.C13H24N2O3.2C12H24N2O.C11H22N2O2.C11H22N2O.C10H20N2O3.C7H13NO2/c1-8-11-9(2)10(3)12(16(11)7)13(17)15-14(4,5)6;1-12(2,3)14-11(16)9-10-8(7-15(9)6)17-13(4,5)18-10;2*1-6-9-7-8-10(14(9)5)11(15)13-12(2,3)4;1-11(2,3)12-10(15)9-6-5-8(7-14)13(9)4;1-8-6-7-13(5)9(8)10(14)12-11(2,3)4;1-10(2,3)11-9(15)7-8(14)6(13)5-12(7)4;1-8-5-3-4-6(8)7(9)10-2/h9-12H,8H2,1-7H3,(H,15,17);8-10H,7H2,1-6H3,(H,14,16);2*9-10H,6-8H2,1-5H3,(H,13,15);8-9,14H,5-7H2,1-4H3,(H,12,15);8-9H,6-7H2,1-5H3,(H,12,14);6-8,13-14H,5H2,1-4H3,(H,11,15);6H,3-5H2,1-2H3/t9-,10-,11-,12-;8-,9-,10-;9-,10+;9-,10-;8-,9+;8?,9-;6-,7+,8+;6-/m00001010/s1. The minimum absolute atomic E-state index is 0.0128. The number of hydrogen-bond acceptors (Lipinski definition) is 22. The van der Waals surface area contributed by atoms with Gasteiger partial charge >= 0.3 is 5.97 Å². The first-order valence-corrected chi connectivity index (χ1v) is 44.4. The zero-order valence-corrected chi connectivity index (χ0v) is 81.9. The summed E-state index contributed by atoms with van der Waals surface area (Å²) in [6.45, 7) is 62.0. The summed E-state index contributed by atoms with van der Waals surface area (Å²) in [5.41, 5.74) is -1.26. The van der Waals surface area contributed by atoms with Gasteiger partial charge in [0.05, 0.1) is 50.0 Å². The smallest absolute Gasteiger partial charge is 0.323 e. The van der Waals surface area contributed by atoms with E-state index < -0.39 is 24.0 Å². The van der Waals surface area contributed by atoms with Crippen LogP contribution in [-0.4, -0.2) is 340 Å². The lowest BCUT2D eigenvalue weighted by Gasteiger charge is -2.29. The fourth-order valence-corrected chi connectivity index (χ4v) is 17.5. The molecular formula is C90H177N15O14. The van der Waals surface area contributed by atoms with Crippen LogP contribution in [0, 0.1) is 17.8 Å². The number of aliphatic hydroxyl groups is 3. The Morgan fingerprint density at radius 1 is 0.395 bits per heavy atom. The topological polar surface area (TPSA) is 335 Å². The molecule has 0 saturated carbocycles. The van der Waals surface area contributed by atoms with Crippen LogP contribution in [0.3, 0.4) is 0 Å². The second-order valence-electron chi connectivity index (χ2n) is 43.0. The third-order valence-electron chi connectivity index (χ3n) is 23.5. The van der Waals surface area contributed by atoms with Crippen molar-refractivity contribution in [3.8, 4) is 0 Å². The Balaban J connectivity index is 0.000000463. The van der Waals surface area contributed by atoms with Crippen LogP contribution in [0.25, 0.3) is 0 Å². The van der Waals surface area contributed by atoms with Gasteiger partial charge in [-0.15, -0.1) is 0 Å². The highest BCUT2D eigenvalue weighted by Gasteiger charge is 2.55. The summed E-state index contributed by atoms with van der Waals surface area (Å²) < 4.78 is 16.3. The number of methoxy groups -OCH3 is 1. The molecule has 9 saturated heterocycles. The Labute approximate surface area is 721 Å². The lowest BCUT2D eigenvalue weighted by atomic mass is 9.89. The van der Waals surface area contributed by atoms with Crippen LogP contribution in [0.2, 0.25) is 0 Å². The molecule has 19 atom stereocenters. The highest BCUT2D eigenvalue weighted by Crippen LogP contribution is 2.38. The quantitative estimate of drug-likeness (QED) is 0.0854. The molecule has 1 unspecified atom stereocenters. The predicted molar refractivity (Wildman–Crippen MR) is 477 cm³/mol. The van der Waals surface area contributed by atoms with Gasteiger partial charge in [0.25, 0.3) is 0 Å². The predicted octanol–water partition coefficient (Wildman–Crippen LogP) is 7.34. The summed E-state index contributed by atoms with van der Waals surface area (Å²) in [6.07, 6.45) is 10.6. The summed E-state index contributed by atoms with van der Waals surface area (Å²) >= 11 is 0. The van der Waals surface area contributed by atoms with E-state index >= 15 is 0 Å². The molecule has 0 bridgehead atoms. The number of carbonyl (C=O) groups is 8. The number of nitrogens with zero attached hydrogens (tertiary/aromatic N) is 8. The van der Waals surface area contributed by atoms with Crippen LogP contribution in [-0.2, 0) is 52.6 Å². The molecule has 9 aliphatic rings. The first-order chi connectivity index (χ1) is 54.1. The van der Waals surface area contributed by atoms with Crippen molar-refractivity contribution in [2.45, 2.75) is 419 Å². The Morgan fingerprint density at radius 2 is 0.748 bits per heavy atom. The molecule has 9 fully saturated rings. The number of hydrogen-bond donors (Lipinski definition) is 10. The summed E-state index contributed by atoms with van der Waals surface area (Å²) in [5.74, 6) is 1.35. The number of aliphatic hydroxyl groups excluding tert-OH is 3. The van der Waals surface area contributed by atoms with Gasteiger partial charge in [-0.2, -0.15) is 0 Å². The van der Waals surface area contributed by atoms with E-state index in [-0.39, 0.29) is 153 Å². The molecule has 696 valence electrons. The maximum absolute atomic E-state index is 12.3. The molecule has 0 aromatic heterocycles. The molecule has 9 aliphatic heterocycles. The van der Waals surface area contributed by atoms with Crippen molar-refractivity contribution in [1.29, 1.82) is 0 Å². The van der Waals surface area contributed by atoms with E-state index in [4.69, 9.17) is 14.6 Å². The van der Waals surface area contributed by atoms with Crippen LogP contribution < -0.4 is 37.2 Å². The number of fused-ring (bicyclic) bond motifs is 1. The van der Waals surface area contributed by atoms with Crippen LogP contribution in [0.15, 0.2) is 0 Å². The lowest BCUT2D eigenvalue weighted by molar-refractivity contribution is -0.164. The summed E-state index contributed by atoms with van der Waals surface area (Å²) in [4.78, 5) is 112. The number of carbonyl (C=O) groups excluding carboxylic acids is 8. The molecule has 10 N–H and O–H groups in total. The number of likely N-dealkylation sites (tertiary alicyclic amines) is 8. The summed E-state index contributed by atoms with van der Waals surface area (Å²) in [7, 11) is 17.2. The average molecular weight is 1690 g/mol. The molecule has 29 nitrogen and oxygen atoms in total. The van der Waals surface area contributed by atoms with Crippen LogP contribution in [0.1, 0.15) is 278 Å². The van der Waals surface area contributed by atoms with Crippen molar-refractivity contribution in [3.05, 3.63) is 0 Å². The first kappa shape index (κ1) is 110. The van der Waals surface area contributed by atoms with Crippen molar-refractivity contribution < 1.29 is 67.9 Å². The minimum Gasteiger partial charge on any atom is -0.468 e. The van der Waals surface area contributed by atoms with Gasteiger partial charge in [0.1, 0.15) is 36.4 Å². The highest BCUT2D eigenvalue weighted by molar-refractivity contribution is 5.86. The molecule has 29 heteroatoms. The van der Waals surface area contributed by atoms with Crippen LogP contribution >= 0.6 is 0 Å².